The molecule has 0 bridgehead atoms. The number of fused-ring (bicyclic) bond motifs is 1. The molecule has 1 heterocycles. The summed E-state index contributed by atoms with van der Waals surface area (Å²) >= 11 is 0. The first-order chi connectivity index (χ1) is 14.7. The predicted molar refractivity (Wildman–Crippen MR) is 106 cm³/mol. The minimum atomic E-state index is -1.70. The second-order valence-electron chi connectivity index (χ2n) is 6.99. The van der Waals surface area contributed by atoms with Crippen LogP contribution in [0.15, 0.2) is 36.4 Å². The zero-order valence-corrected chi connectivity index (χ0v) is 16.8. The van der Waals surface area contributed by atoms with Crippen LogP contribution in [0.3, 0.4) is 0 Å². The molecule has 3 rings (SSSR count). The molecule has 164 valence electrons. The van der Waals surface area contributed by atoms with Gasteiger partial charge >= 0.3 is 0 Å². The summed E-state index contributed by atoms with van der Waals surface area (Å²) in [5.41, 5.74) is 0.0156. The highest BCUT2D eigenvalue weighted by Gasteiger charge is 2.31. The number of ether oxygens (including phenoxy) is 1. The monoisotopic (exact) mass is 435 g/mol. The molecule has 0 spiro atoms. The number of carbonyl (C=O) groups excluding carboxylic acids is 3. The number of benzene rings is 2. The standard InChI is InChI=1S/C21H20F3N3O4/c1-12-21(30)27(15-5-3-4-6-16(15)31-12)10-9-18(29)26(2)11-17(28)25-14-8-7-13(22)19(23)20(14)24/h3-8,12H,9-11H2,1-2H3,(H,25,28)/t12-/m0/s1. The van der Waals surface area contributed by atoms with E-state index in [-0.39, 0.29) is 18.9 Å². The van der Waals surface area contributed by atoms with Crippen LogP contribution in [0.5, 0.6) is 5.75 Å². The Balaban J connectivity index is 1.58. The normalized spacial score (nSPS) is 15.2. The molecular weight excluding hydrogens is 415 g/mol. The fraction of sp³-hybridized carbons (Fsp3) is 0.286. The SMILES string of the molecule is C[C@@H]1Oc2ccccc2N(CCC(=O)N(C)CC(=O)Nc2ccc(F)c(F)c2F)C1=O. The van der Waals surface area contributed by atoms with Crippen LogP contribution in [0.1, 0.15) is 13.3 Å². The van der Waals surface area contributed by atoms with Crippen LogP contribution in [0, 0.1) is 17.5 Å². The second kappa shape index (κ2) is 9.07. The van der Waals surface area contributed by atoms with Gasteiger partial charge < -0.3 is 19.9 Å². The summed E-state index contributed by atoms with van der Waals surface area (Å²) < 4.78 is 45.5. The highest BCUT2D eigenvalue weighted by atomic mass is 19.2. The van der Waals surface area contributed by atoms with Crippen LogP contribution in [-0.2, 0) is 14.4 Å². The summed E-state index contributed by atoms with van der Waals surface area (Å²) in [6.07, 6.45) is -0.768. The number of hydrogen-bond acceptors (Lipinski definition) is 4. The van der Waals surface area contributed by atoms with Gasteiger partial charge in [0.2, 0.25) is 11.8 Å². The minimum absolute atomic E-state index is 0.0733. The van der Waals surface area contributed by atoms with Gasteiger partial charge in [-0.25, -0.2) is 13.2 Å². The van der Waals surface area contributed by atoms with Gasteiger partial charge in [-0.2, -0.15) is 0 Å². The first-order valence-electron chi connectivity index (χ1n) is 9.43. The molecule has 1 atom stereocenters. The lowest BCUT2D eigenvalue weighted by atomic mass is 10.1. The molecule has 3 amide bonds. The maximum Gasteiger partial charge on any atom is 0.267 e. The van der Waals surface area contributed by atoms with E-state index in [0.29, 0.717) is 17.5 Å². The average molecular weight is 435 g/mol. The van der Waals surface area contributed by atoms with E-state index >= 15 is 0 Å². The van der Waals surface area contributed by atoms with E-state index in [1.807, 2.05) is 0 Å². The van der Waals surface area contributed by atoms with Crippen molar-refractivity contribution in [2.24, 2.45) is 0 Å². The van der Waals surface area contributed by atoms with Gasteiger partial charge in [0.1, 0.15) is 5.75 Å². The fourth-order valence-corrected chi connectivity index (χ4v) is 3.10. The van der Waals surface area contributed by atoms with Crippen molar-refractivity contribution in [3.63, 3.8) is 0 Å². The van der Waals surface area contributed by atoms with Gasteiger partial charge in [0.25, 0.3) is 5.91 Å². The van der Waals surface area contributed by atoms with Gasteiger partial charge in [-0.1, -0.05) is 12.1 Å². The van der Waals surface area contributed by atoms with E-state index in [1.54, 1.807) is 31.2 Å². The molecule has 7 nitrogen and oxygen atoms in total. The Morgan fingerprint density at radius 2 is 1.84 bits per heavy atom. The lowest BCUT2D eigenvalue weighted by Gasteiger charge is -2.33. The molecule has 2 aromatic rings. The van der Waals surface area contributed by atoms with Gasteiger partial charge in [-0.3, -0.25) is 14.4 Å². The van der Waals surface area contributed by atoms with Crippen molar-refractivity contribution in [3.8, 4) is 5.75 Å². The van der Waals surface area contributed by atoms with Crippen molar-refractivity contribution >= 4 is 29.1 Å². The number of anilines is 2. The molecule has 1 N–H and O–H groups in total. The largest absolute Gasteiger partial charge is 0.479 e. The van der Waals surface area contributed by atoms with Crippen LogP contribution in [0.2, 0.25) is 0 Å². The molecule has 31 heavy (non-hydrogen) atoms. The quantitative estimate of drug-likeness (QED) is 0.708. The molecule has 10 heteroatoms. The van der Waals surface area contributed by atoms with Crippen LogP contribution in [-0.4, -0.2) is 48.9 Å². The first kappa shape index (κ1) is 22.1. The fourth-order valence-electron chi connectivity index (χ4n) is 3.10. The molecule has 1 aliphatic rings. The van der Waals surface area contributed by atoms with E-state index in [0.717, 1.165) is 11.0 Å². The molecular formula is C21H20F3N3O4. The third-order valence-electron chi connectivity index (χ3n) is 4.74. The van der Waals surface area contributed by atoms with Crippen molar-refractivity contribution in [3.05, 3.63) is 53.8 Å². The molecule has 2 aromatic carbocycles. The Hall–Kier alpha value is -3.56. The van der Waals surface area contributed by atoms with Crippen LogP contribution >= 0.6 is 0 Å². The van der Waals surface area contributed by atoms with Crippen LogP contribution < -0.4 is 15.0 Å². The maximum absolute atomic E-state index is 13.7. The molecule has 0 saturated heterocycles. The zero-order chi connectivity index (χ0) is 22.7. The smallest absolute Gasteiger partial charge is 0.267 e. The summed E-state index contributed by atoms with van der Waals surface area (Å²) in [5.74, 6) is -5.60. The number of carbonyl (C=O) groups is 3. The summed E-state index contributed by atoms with van der Waals surface area (Å²) in [6, 6.07) is 8.51. The predicted octanol–water partition coefficient (Wildman–Crippen LogP) is 2.71. The minimum Gasteiger partial charge on any atom is -0.479 e. The van der Waals surface area contributed by atoms with E-state index in [2.05, 4.69) is 5.32 Å². The number of nitrogens with zero attached hydrogens (tertiary/aromatic N) is 2. The Labute approximate surface area is 176 Å². The van der Waals surface area contributed by atoms with E-state index in [9.17, 15) is 27.6 Å². The van der Waals surface area contributed by atoms with Gasteiger partial charge in [-0.05, 0) is 31.2 Å². The summed E-state index contributed by atoms with van der Waals surface area (Å²) in [6.45, 7) is 1.24. The number of halogens is 3. The van der Waals surface area contributed by atoms with Crippen molar-refractivity contribution in [1.82, 2.24) is 4.90 Å². The van der Waals surface area contributed by atoms with Crippen LogP contribution in [0.4, 0.5) is 24.5 Å². The topological polar surface area (TPSA) is 79.0 Å². The van der Waals surface area contributed by atoms with E-state index < -0.39 is 47.6 Å². The summed E-state index contributed by atoms with van der Waals surface area (Å²) in [4.78, 5) is 39.5. The molecule has 0 aliphatic carbocycles. The molecule has 1 aliphatic heterocycles. The summed E-state index contributed by atoms with van der Waals surface area (Å²) in [7, 11) is 1.36. The van der Waals surface area contributed by atoms with E-state index in [4.69, 9.17) is 4.74 Å². The zero-order valence-electron chi connectivity index (χ0n) is 16.8. The number of amides is 3. The second-order valence-corrected chi connectivity index (χ2v) is 6.99. The number of hydrogen-bond donors (Lipinski definition) is 1. The highest BCUT2D eigenvalue weighted by Crippen LogP contribution is 2.33. The number of rotatable bonds is 6. The Morgan fingerprint density at radius 1 is 1.13 bits per heavy atom. The molecule has 0 radical (unpaired) electrons. The van der Waals surface area contributed by atoms with Gasteiger partial charge in [0.15, 0.2) is 23.6 Å². The van der Waals surface area contributed by atoms with Crippen LogP contribution in [0.25, 0.3) is 0 Å². The molecule has 0 fully saturated rings. The number of para-hydroxylation sites is 2. The molecule has 0 unspecified atom stereocenters. The van der Waals surface area contributed by atoms with Crippen molar-refractivity contribution in [2.45, 2.75) is 19.4 Å². The molecule has 0 saturated carbocycles. The van der Waals surface area contributed by atoms with E-state index in [1.165, 1.54) is 11.9 Å². The number of likely N-dealkylation sites (N-methyl/N-ethyl adjacent to an activating group) is 1. The Kier molecular flexibility index (Phi) is 6.47. The lowest BCUT2D eigenvalue weighted by molar-refractivity contribution is -0.133. The Morgan fingerprint density at radius 3 is 2.58 bits per heavy atom. The summed E-state index contributed by atoms with van der Waals surface area (Å²) in [5, 5.41) is 2.10. The lowest BCUT2D eigenvalue weighted by Crippen LogP contribution is -2.46. The van der Waals surface area contributed by atoms with Gasteiger partial charge in [-0.15, -0.1) is 0 Å². The Bertz CT molecular complexity index is 1030. The highest BCUT2D eigenvalue weighted by molar-refractivity contribution is 6.00. The number of nitrogens with one attached hydrogen (secondary N) is 1. The van der Waals surface area contributed by atoms with Crippen molar-refractivity contribution < 1.29 is 32.3 Å². The third kappa shape index (κ3) is 4.79. The van der Waals surface area contributed by atoms with Crippen molar-refractivity contribution in [2.75, 3.05) is 30.4 Å². The maximum atomic E-state index is 13.7. The third-order valence-corrected chi connectivity index (χ3v) is 4.74. The van der Waals surface area contributed by atoms with Gasteiger partial charge in [0, 0.05) is 20.0 Å². The average Bonchev–Trinajstić information content (AvgIpc) is 2.74. The first-order valence-corrected chi connectivity index (χ1v) is 9.43. The van der Waals surface area contributed by atoms with Gasteiger partial charge in [0.05, 0.1) is 17.9 Å². The van der Waals surface area contributed by atoms with Crippen molar-refractivity contribution in [1.29, 1.82) is 0 Å². The molecule has 0 aromatic heterocycles.